The van der Waals surface area contributed by atoms with E-state index in [0.717, 1.165) is 30.0 Å². The minimum Gasteiger partial charge on any atom is -0.467 e. The number of carbonyl (C=O) groups is 2. The highest BCUT2D eigenvalue weighted by Gasteiger charge is 2.31. The molecule has 3 rings (SSSR count). The summed E-state index contributed by atoms with van der Waals surface area (Å²) in [6.07, 6.45) is 3.29. The van der Waals surface area contributed by atoms with Crippen LogP contribution in [0, 0.1) is 0 Å². The summed E-state index contributed by atoms with van der Waals surface area (Å²) in [7, 11) is 0. The maximum Gasteiger partial charge on any atom is 0.237 e. The van der Waals surface area contributed by atoms with Gasteiger partial charge in [-0.1, -0.05) is 6.07 Å². The van der Waals surface area contributed by atoms with Crippen molar-refractivity contribution < 1.29 is 14.0 Å². The average molecular weight is 347 g/mol. The van der Waals surface area contributed by atoms with Crippen LogP contribution in [-0.4, -0.2) is 35.8 Å². The monoisotopic (exact) mass is 347 g/mol. The van der Waals surface area contributed by atoms with Crippen LogP contribution in [0.15, 0.2) is 40.3 Å². The molecule has 2 aromatic heterocycles. The van der Waals surface area contributed by atoms with Crippen molar-refractivity contribution >= 4 is 23.2 Å². The topological polar surface area (TPSA) is 74.6 Å². The van der Waals surface area contributed by atoms with Crippen molar-refractivity contribution in [3.05, 3.63) is 46.5 Å². The molecule has 1 fully saturated rings. The summed E-state index contributed by atoms with van der Waals surface area (Å²) < 4.78 is 5.21. The van der Waals surface area contributed by atoms with Crippen LogP contribution in [0.1, 0.15) is 23.5 Å². The SMILES string of the molecule is O=C(CN1CCCC1C(=O)NCc1ccco1)NCc1cccs1. The molecule has 1 aliphatic heterocycles. The lowest BCUT2D eigenvalue weighted by Gasteiger charge is -2.22. The fourth-order valence-electron chi connectivity index (χ4n) is 2.86. The zero-order valence-electron chi connectivity index (χ0n) is 13.4. The van der Waals surface area contributed by atoms with Gasteiger partial charge in [0.1, 0.15) is 5.76 Å². The Bertz CT molecular complexity index is 655. The molecule has 7 heteroatoms. The number of amides is 2. The Morgan fingerprint density at radius 2 is 2.17 bits per heavy atom. The summed E-state index contributed by atoms with van der Waals surface area (Å²) in [5, 5.41) is 7.78. The number of thiophene rings is 1. The van der Waals surface area contributed by atoms with Gasteiger partial charge in [0.2, 0.25) is 11.8 Å². The van der Waals surface area contributed by atoms with Gasteiger partial charge >= 0.3 is 0 Å². The molecule has 0 radical (unpaired) electrons. The van der Waals surface area contributed by atoms with Crippen LogP contribution in [0.25, 0.3) is 0 Å². The Kier molecular flexibility index (Phi) is 5.66. The molecule has 128 valence electrons. The quantitative estimate of drug-likeness (QED) is 0.800. The van der Waals surface area contributed by atoms with Crippen molar-refractivity contribution in [3.8, 4) is 0 Å². The molecule has 0 aromatic carbocycles. The van der Waals surface area contributed by atoms with Gasteiger partial charge in [0.25, 0.3) is 0 Å². The molecule has 0 aliphatic carbocycles. The Labute approximate surface area is 144 Å². The smallest absolute Gasteiger partial charge is 0.237 e. The van der Waals surface area contributed by atoms with Crippen molar-refractivity contribution in [3.63, 3.8) is 0 Å². The van der Waals surface area contributed by atoms with E-state index in [0.29, 0.717) is 13.1 Å². The maximum atomic E-state index is 12.4. The van der Waals surface area contributed by atoms with Crippen LogP contribution in [0.4, 0.5) is 0 Å². The summed E-state index contributed by atoms with van der Waals surface area (Å²) in [5.41, 5.74) is 0. The molecule has 2 amide bonds. The molecule has 0 spiro atoms. The van der Waals surface area contributed by atoms with E-state index in [4.69, 9.17) is 4.42 Å². The molecular formula is C17H21N3O3S. The minimum absolute atomic E-state index is 0.0463. The number of hydrogen-bond donors (Lipinski definition) is 2. The summed E-state index contributed by atoms with van der Waals surface area (Å²) in [6.45, 7) is 1.94. The van der Waals surface area contributed by atoms with Crippen LogP contribution in [0.2, 0.25) is 0 Å². The predicted molar refractivity (Wildman–Crippen MR) is 91.3 cm³/mol. The second-order valence-corrected chi connectivity index (χ2v) is 6.81. The predicted octanol–water partition coefficient (Wildman–Crippen LogP) is 1.74. The number of likely N-dealkylation sites (tertiary alicyclic amines) is 1. The Balaban J connectivity index is 1.45. The zero-order chi connectivity index (χ0) is 16.8. The van der Waals surface area contributed by atoms with Crippen LogP contribution in [-0.2, 0) is 22.7 Å². The highest BCUT2D eigenvalue weighted by atomic mass is 32.1. The first-order chi connectivity index (χ1) is 11.7. The van der Waals surface area contributed by atoms with Crippen LogP contribution < -0.4 is 10.6 Å². The largest absolute Gasteiger partial charge is 0.467 e. The highest BCUT2D eigenvalue weighted by Crippen LogP contribution is 2.17. The van der Waals surface area contributed by atoms with E-state index in [1.165, 1.54) is 0 Å². The molecule has 1 atom stereocenters. The number of hydrogen-bond acceptors (Lipinski definition) is 5. The first kappa shape index (κ1) is 16.7. The van der Waals surface area contributed by atoms with Gasteiger partial charge in [0.05, 0.1) is 31.9 Å². The molecular weight excluding hydrogens is 326 g/mol. The lowest BCUT2D eigenvalue weighted by atomic mass is 10.2. The highest BCUT2D eigenvalue weighted by molar-refractivity contribution is 7.09. The normalized spacial score (nSPS) is 17.8. The second kappa shape index (κ2) is 8.12. The standard InChI is InChI=1S/C17H21N3O3S/c21-16(18-11-14-5-3-9-24-14)12-20-7-1-6-15(20)17(22)19-10-13-4-2-8-23-13/h2-5,8-9,15H,1,6-7,10-12H2,(H,18,21)(H,19,22). The summed E-state index contributed by atoms with van der Waals surface area (Å²) in [4.78, 5) is 27.5. The molecule has 1 saturated heterocycles. The van der Waals surface area contributed by atoms with Gasteiger partial charge in [-0.15, -0.1) is 11.3 Å². The van der Waals surface area contributed by atoms with E-state index in [2.05, 4.69) is 10.6 Å². The molecule has 3 heterocycles. The van der Waals surface area contributed by atoms with E-state index < -0.39 is 0 Å². The Morgan fingerprint density at radius 1 is 1.25 bits per heavy atom. The third-order valence-corrected chi connectivity index (χ3v) is 4.95. The van der Waals surface area contributed by atoms with E-state index in [1.54, 1.807) is 23.7 Å². The first-order valence-corrected chi connectivity index (χ1v) is 8.93. The van der Waals surface area contributed by atoms with Crippen molar-refractivity contribution in [2.24, 2.45) is 0 Å². The molecule has 24 heavy (non-hydrogen) atoms. The zero-order valence-corrected chi connectivity index (χ0v) is 14.2. The average Bonchev–Trinajstić information content (AvgIpc) is 3.32. The van der Waals surface area contributed by atoms with Crippen molar-refractivity contribution in [1.29, 1.82) is 0 Å². The van der Waals surface area contributed by atoms with Crippen molar-refractivity contribution in [1.82, 2.24) is 15.5 Å². The number of carbonyl (C=O) groups excluding carboxylic acids is 2. The van der Waals surface area contributed by atoms with Gasteiger partial charge in [0, 0.05) is 4.88 Å². The molecule has 2 aromatic rings. The fourth-order valence-corrected chi connectivity index (χ4v) is 3.50. The molecule has 6 nitrogen and oxygen atoms in total. The third-order valence-electron chi connectivity index (χ3n) is 4.07. The number of nitrogens with zero attached hydrogens (tertiary/aromatic N) is 1. The fraction of sp³-hybridized carbons (Fsp3) is 0.412. The summed E-state index contributed by atoms with van der Waals surface area (Å²) in [5.74, 6) is 0.630. The summed E-state index contributed by atoms with van der Waals surface area (Å²) >= 11 is 1.62. The lowest BCUT2D eigenvalue weighted by molar-refractivity contribution is -0.127. The lowest BCUT2D eigenvalue weighted by Crippen LogP contribution is -2.46. The number of rotatable bonds is 7. The van der Waals surface area contributed by atoms with Gasteiger partial charge in [-0.05, 0) is 43.0 Å². The maximum absolute atomic E-state index is 12.4. The molecule has 2 N–H and O–H groups in total. The van der Waals surface area contributed by atoms with E-state index in [9.17, 15) is 9.59 Å². The third kappa shape index (κ3) is 4.46. The van der Waals surface area contributed by atoms with Crippen molar-refractivity contribution in [2.45, 2.75) is 32.0 Å². The van der Waals surface area contributed by atoms with Crippen molar-refractivity contribution in [2.75, 3.05) is 13.1 Å². The molecule has 0 bridgehead atoms. The van der Waals surface area contributed by atoms with Gasteiger partial charge in [-0.3, -0.25) is 14.5 Å². The first-order valence-electron chi connectivity index (χ1n) is 8.05. The molecule has 1 aliphatic rings. The minimum atomic E-state index is -0.243. The van der Waals surface area contributed by atoms with Crippen LogP contribution in [0.5, 0.6) is 0 Å². The second-order valence-electron chi connectivity index (χ2n) is 5.78. The van der Waals surface area contributed by atoms with Gasteiger partial charge in [-0.25, -0.2) is 0 Å². The van der Waals surface area contributed by atoms with Gasteiger partial charge in [-0.2, -0.15) is 0 Å². The number of nitrogens with one attached hydrogen (secondary N) is 2. The van der Waals surface area contributed by atoms with E-state index >= 15 is 0 Å². The van der Waals surface area contributed by atoms with Crippen LogP contribution >= 0.6 is 11.3 Å². The summed E-state index contributed by atoms with van der Waals surface area (Å²) in [6, 6.07) is 7.33. The van der Waals surface area contributed by atoms with E-state index in [-0.39, 0.29) is 24.4 Å². The van der Waals surface area contributed by atoms with Gasteiger partial charge in [0.15, 0.2) is 0 Å². The van der Waals surface area contributed by atoms with E-state index in [1.807, 2.05) is 28.5 Å². The number of furan rings is 1. The Morgan fingerprint density at radius 3 is 2.92 bits per heavy atom. The Hall–Kier alpha value is -2.12. The van der Waals surface area contributed by atoms with Gasteiger partial charge < -0.3 is 15.1 Å². The molecule has 1 unspecified atom stereocenters. The van der Waals surface area contributed by atoms with Crippen LogP contribution in [0.3, 0.4) is 0 Å². The molecule has 0 saturated carbocycles.